The zero-order chi connectivity index (χ0) is 21.6. The van der Waals surface area contributed by atoms with Gasteiger partial charge in [0.15, 0.2) is 0 Å². The minimum absolute atomic E-state index is 0.0330. The highest BCUT2D eigenvalue weighted by Gasteiger charge is 2.50. The van der Waals surface area contributed by atoms with Gasteiger partial charge in [-0.3, -0.25) is 9.89 Å². The molecule has 2 aromatic carbocycles. The van der Waals surface area contributed by atoms with Crippen molar-refractivity contribution in [3.05, 3.63) is 57.6 Å². The molecule has 1 N–H and O–H groups in total. The molecule has 31 heavy (non-hydrogen) atoms. The van der Waals surface area contributed by atoms with Gasteiger partial charge >= 0.3 is 6.09 Å². The maximum Gasteiger partial charge on any atom is 0.410 e. The molecule has 3 heterocycles. The molecule has 0 aliphatic carbocycles. The summed E-state index contributed by atoms with van der Waals surface area (Å²) >= 11 is 12.0. The van der Waals surface area contributed by atoms with Crippen LogP contribution in [0.4, 0.5) is 4.79 Å². The molecule has 2 amide bonds. The number of ether oxygens (including phenoxy) is 1. The van der Waals surface area contributed by atoms with E-state index >= 15 is 0 Å². The molecule has 0 bridgehead atoms. The van der Waals surface area contributed by atoms with E-state index in [0.717, 1.165) is 17.5 Å². The Labute approximate surface area is 188 Å². The van der Waals surface area contributed by atoms with E-state index in [9.17, 15) is 9.59 Å². The molecule has 2 fully saturated rings. The predicted octanol–water partition coefficient (Wildman–Crippen LogP) is 3.75. The number of fused-ring (bicyclic) bond motifs is 1. The molecule has 0 atom stereocenters. The third kappa shape index (κ3) is 3.93. The van der Waals surface area contributed by atoms with Crippen LogP contribution in [0.2, 0.25) is 10.0 Å². The first-order valence-corrected chi connectivity index (χ1v) is 10.6. The van der Waals surface area contributed by atoms with Crippen LogP contribution in [-0.4, -0.2) is 63.4 Å². The van der Waals surface area contributed by atoms with Crippen LogP contribution >= 0.6 is 23.2 Å². The maximum absolute atomic E-state index is 12.8. The molecule has 10 heteroatoms. The Balaban J connectivity index is 1.15. The molecule has 3 aromatic rings. The lowest BCUT2D eigenvalue weighted by molar-refractivity contribution is 0.0101. The number of aromatic amines is 1. The van der Waals surface area contributed by atoms with Crippen molar-refractivity contribution in [3.63, 3.8) is 0 Å². The second kappa shape index (κ2) is 7.69. The molecule has 8 nitrogen and oxygen atoms in total. The number of hydrogen-bond acceptors (Lipinski definition) is 5. The fraction of sp³-hybridized carbons (Fsp3) is 0.333. The summed E-state index contributed by atoms with van der Waals surface area (Å²) in [6.45, 7) is 2.54. The first kappa shape index (κ1) is 20.1. The Morgan fingerprint density at radius 1 is 1.06 bits per heavy atom. The van der Waals surface area contributed by atoms with Crippen LogP contribution in [0.25, 0.3) is 11.0 Å². The van der Waals surface area contributed by atoms with Crippen molar-refractivity contribution >= 4 is 46.2 Å². The smallest absolute Gasteiger partial charge is 0.410 e. The SMILES string of the molecule is O=C(OCc1cc(Cl)cc(Cl)c1)N1CCC2(C1)CN(C(=O)c1ccc3[nH]nnc3c1)C2. The van der Waals surface area contributed by atoms with Gasteiger partial charge in [0.05, 0.1) is 5.52 Å². The van der Waals surface area contributed by atoms with E-state index in [4.69, 9.17) is 27.9 Å². The van der Waals surface area contributed by atoms with Gasteiger partial charge in [0.2, 0.25) is 0 Å². The van der Waals surface area contributed by atoms with Crippen LogP contribution in [0, 0.1) is 5.41 Å². The number of nitrogens with zero attached hydrogens (tertiary/aromatic N) is 4. The molecule has 5 rings (SSSR count). The van der Waals surface area contributed by atoms with Gasteiger partial charge in [0, 0.05) is 47.2 Å². The molecule has 160 valence electrons. The molecule has 1 aromatic heterocycles. The summed E-state index contributed by atoms with van der Waals surface area (Å²) in [5.74, 6) is -0.0330. The monoisotopic (exact) mass is 459 g/mol. The Kier molecular flexibility index (Phi) is 4.98. The quantitative estimate of drug-likeness (QED) is 0.643. The van der Waals surface area contributed by atoms with Gasteiger partial charge < -0.3 is 14.5 Å². The van der Waals surface area contributed by atoms with E-state index in [2.05, 4.69) is 15.4 Å². The van der Waals surface area contributed by atoms with Crippen molar-refractivity contribution in [2.45, 2.75) is 13.0 Å². The Morgan fingerprint density at radius 3 is 2.58 bits per heavy atom. The van der Waals surface area contributed by atoms with Crippen molar-refractivity contribution in [2.75, 3.05) is 26.2 Å². The van der Waals surface area contributed by atoms with E-state index in [1.807, 2.05) is 4.90 Å². The third-order valence-electron chi connectivity index (χ3n) is 5.89. The molecular formula is C21H19Cl2N5O3. The Morgan fingerprint density at radius 2 is 1.81 bits per heavy atom. The van der Waals surface area contributed by atoms with Gasteiger partial charge in [-0.25, -0.2) is 4.79 Å². The number of nitrogens with one attached hydrogen (secondary N) is 1. The Bertz CT molecular complexity index is 1150. The molecule has 2 aliphatic rings. The lowest BCUT2D eigenvalue weighted by Gasteiger charge is -2.47. The average molecular weight is 460 g/mol. The molecule has 0 unspecified atom stereocenters. The van der Waals surface area contributed by atoms with Crippen molar-refractivity contribution in [3.8, 4) is 0 Å². The number of halogens is 2. The van der Waals surface area contributed by atoms with Crippen molar-refractivity contribution in [1.82, 2.24) is 25.2 Å². The van der Waals surface area contributed by atoms with Gasteiger partial charge in [-0.15, -0.1) is 5.10 Å². The van der Waals surface area contributed by atoms with Crippen LogP contribution < -0.4 is 0 Å². The fourth-order valence-electron chi connectivity index (χ4n) is 4.34. The number of hydrogen-bond donors (Lipinski definition) is 1. The minimum Gasteiger partial charge on any atom is -0.445 e. The summed E-state index contributed by atoms with van der Waals surface area (Å²) in [5, 5.41) is 11.5. The van der Waals surface area contributed by atoms with Crippen LogP contribution in [0.15, 0.2) is 36.4 Å². The number of likely N-dealkylation sites (tertiary alicyclic amines) is 2. The summed E-state index contributed by atoms with van der Waals surface area (Å²) in [4.78, 5) is 28.8. The molecular weight excluding hydrogens is 441 g/mol. The predicted molar refractivity (Wildman–Crippen MR) is 115 cm³/mol. The number of H-pyrrole nitrogens is 1. The van der Waals surface area contributed by atoms with Gasteiger partial charge in [0.1, 0.15) is 12.1 Å². The number of carbonyl (C=O) groups is 2. The molecule has 1 spiro atoms. The normalized spacial score (nSPS) is 17.2. The lowest BCUT2D eigenvalue weighted by Crippen LogP contribution is -2.59. The third-order valence-corrected chi connectivity index (χ3v) is 6.33. The van der Waals surface area contributed by atoms with Crippen LogP contribution in [0.5, 0.6) is 0 Å². The lowest BCUT2D eigenvalue weighted by atomic mass is 9.78. The highest BCUT2D eigenvalue weighted by Crippen LogP contribution is 2.40. The second-order valence-corrected chi connectivity index (χ2v) is 9.08. The first-order chi connectivity index (χ1) is 14.9. The van der Waals surface area contributed by atoms with Gasteiger partial charge in [-0.2, -0.15) is 0 Å². The fourth-order valence-corrected chi connectivity index (χ4v) is 4.92. The highest BCUT2D eigenvalue weighted by atomic mass is 35.5. The molecule has 0 radical (unpaired) electrons. The zero-order valence-electron chi connectivity index (χ0n) is 16.5. The standard InChI is InChI=1S/C21H19Cl2N5O3/c22-15-5-13(6-16(23)8-15)9-31-20(30)27-4-3-21(10-27)11-28(12-21)19(29)14-1-2-17-18(7-14)25-26-24-17/h1-2,5-8H,3-4,9-12H2,(H,24,25,26). The number of benzene rings is 2. The van der Waals surface area contributed by atoms with E-state index in [1.165, 1.54) is 0 Å². The van der Waals surface area contributed by atoms with E-state index in [0.29, 0.717) is 47.3 Å². The molecule has 0 saturated carbocycles. The van der Waals surface area contributed by atoms with E-state index in [1.54, 1.807) is 41.3 Å². The second-order valence-electron chi connectivity index (χ2n) is 8.21. The van der Waals surface area contributed by atoms with Crippen LogP contribution in [0.1, 0.15) is 22.3 Å². The average Bonchev–Trinajstić information content (AvgIpc) is 3.36. The number of rotatable bonds is 3. The van der Waals surface area contributed by atoms with E-state index < -0.39 is 0 Å². The van der Waals surface area contributed by atoms with Crippen molar-refractivity contribution < 1.29 is 14.3 Å². The summed E-state index contributed by atoms with van der Waals surface area (Å²) in [6, 6.07) is 10.4. The number of aromatic nitrogens is 3. The molecule has 2 aliphatic heterocycles. The van der Waals surface area contributed by atoms with Gasteiger partial charge in [-0.05, 0) is 48.4 Å². The zero-order valence-corrected chi connectivity index (χ0v) is 18.0. The summed E-state index contributed by atoms with van der Waals surface area (Å²) in [7, 11) is 0. The van der Waals surface area contributed by atoms with Gasteiger partial charge in [-0.1, -0.05) is 28.4 Å². The largest absolute Gasteiger partial charge is 0.445 e. The summed E-state index contributed by atoms with van der Waals surface area (Å²) in [6.07, 6.45) is 0.478. The van der Waals surface area contributed by atoms with Gasteiger partial charge in [0.25, 0.3) is 5.91 Å². The number of carbonyl (C=O) groups excluding carboxylic acids is 2. The number of amides is 2. The maximum atomic E-state index is 12.8. The minimum atomic E-state index is -0.366. The molecule has 2 saturated heterocycles. The van der Waals surface area contributed by atoms with Crippen LogP contribution in [-0.2, 0) is 11.3 Å². The van der Waals surface area contributed by atoms with Crippen molar-refractivity contribution in [2.24, 2.45) is 5.41 Å². The first-order valence-electron chi connectivity index (χ1n) is 9.88. The van der Waals surface area contributed by atoms with Crippen molar-refractivity contribution in [1.29, 1.82) is 0 Å². The highest BCUT2D eigenvalue weighted by molar-refractivity contribution is 6.34. The Hall–Kier alpha value is -2.84. The summed E-state index contributed by atoms with van der Waals surface area (Å²) < 4.78 is 5.43. The van der Waals surface area contributed by atoms with E-state index in [-0.39, 0.29) is 24.0 Å². The summed E-state index contributed by atoms with van der Waals surface area (Å²) in [5.41, 5.74) is 2.72. The van der Waals surface area contributed by atoms with Crippen LogP contribution in [0.3, 0.4) is 0 Å². The topological polar surface area (TPSA) is 91.4 Å².